The first-order valence-corrected chi connectivity index (χ1v) is 6.56. The Labute approximate surface area is 117 Å². The molecular weight excluding hydrogens is 254 g/mol. The molecule has 20 heavy (non-hydrogen) atoms. The first kappa shape index (κ1) is 12.7. The fourth-order valence-electron chi connectivity index (χ4n) is 2.26. The Morgan fingerprint density at radius 2 is 1.85 bits per heavy atom. The molecule has 1 N–H and O–H groups in total. The van der Waals surface area contributed by atoms with Crippen LogP contribution in [0.4, 0.5) is 0 Å². The maximum absolute atomic E-state index is 5.55. The summed E-state index contributed by atoms with van der Waals surface area (Å²) in [7, 11) is 1.97. The Balaban J connectivity index is 1.89. The molecule has 3 aromatic rings. The minimum atomic E-state index is -0.120. The lowest BCUT2D eigenvalue weighted by Gasteiger charge is -2.20. The Kier molecular flexibility index (Phi) is 3.43. The molecule has 5 nitrogen and oxygen atoms in total. The van der Waals surface area contributed by atoms with Crippen molar-refractivity contribution >= 4 is 0 Å². The predicted octanol–water partition coefficient (Wildman–Crippen LogP) is 3.05. The number of aryl methyl sites for hydroxylation is 1. The molecule has 0 aliphatic rings. The normalized spacial score (nSPS) is 14.3. The average molecular weight is 271 g/mol. The van der Waals surface area contributed by atoms with Gasteiger partial charge in [-0.2, -0.15) is 0 Å². The Bertz CT molecular complexity index is 641. The minimum Gasteiger partial charge on any atom is -0.468 e. The maximum Gasteiger partial charge on any atom is 0.133 e. The standard InChI is InChI=1S/C15H17N3O2/c1-11(12-5-3-9-19-12)17-14(13-6-4-10-20-13)15-16-7-8-18(15)2/h3-11,14,17H,1-2H3/t11-,14?/m0/s1. The van der Waals surface area contributed by atoms with Crippen molar-refractivity contribution in [3.05, 3.63) is 66.5 Å². The summed E-state index contributed by atoms with van der Waals surface area (Å²) in [6.07, 6.45) is 7.05. The Morgan fingerprint density at radius 3 is 2.40 bits per heavy atom. The molecule has 0 spiro atoms. The number of aromatic nitrogens is 2. The van der Waals surface area contributed by atoms with Gasteiger partial charge in [0.15, 0.2) is 0 Å². The van der Waals surface area contributed by atoms with Gasteiger partial charge in [0.05, 0.1) is 18.6 Å². The highest BCUT2D eigenvalue weighted by molar-refractivity contribution is 5.17. The molecule has 0 aliphatic carbocycles. The fraction of sp³-hybridized carbons (Fsp3) is 0.267. The van der Waals surface area contributed by atoms with Crippen molar-refractivity contribution in [2.45, 2.75) is 19.0 Å². The SMILES string of the molecule is C[C@H](NC(c1ccco1)c1nccn1C)c1ccco1. The van der Waals surface area contributed by atoms with Crippen LogP contribution in [0.3, 0.4) is 0 Å². The van der Waals surface area contributed by atoms with Crippen molar-refractivity contribution in [1.82, 2.24) is 14.9 Å². The smallest absolute Gasteiger partial charge is 0.133 e. The predicted molar refractivity (Wildman–Crippen MR) is 74.0 cm³/mol. The van der Waals surface area contributed by atoms with Gasteiger partial charge in [-0.15, -0.1) is 0 Å². The maximum atomic E-state index is 5.55. The van der Waals surface area contributed by atoms with Crippen molar-refractivity contribution in [1.29, 1.82) is 0 Å². The number of nitrogens with one attached hydrogen (secondary N) is 1. The second-order valence-corrected chi connectivity index (χ2v) is 4.75. The molecule has 3 heterocycles. The van der Waals surface area contributed by atoms with Gasteiger partial charge in [-0.05, 0) is 31.2 Å². The average Bonchev–Trinajstić information content (AvgIpc) is 3.18. The summed E-state index contributed by atoms with van der Waals surface area (Å²) in [6, 6.07) is 7.60. The molecule has 3 aromatic heterocycles. The zero-order valence-electron chi connectivity index (χ0n) is 11.5. The van der Waals surface area contributed by atoms with E-state index in [-0.39, 0.29) is 12.1 Å². The lowest BCUT2D eigenvalue weighted by Crippen LogP contribution is -2.27. The zero-order chi connectivity index (χ0) is 13.9. The van der Waals surface area contributed by atoms with Crippen LogP contribution in [-0.4, -0.2) is 9.55 Å². The van der Waals surface area contributed by atoms with Crippen LogP contribution in [0, 0.1) is 0 Å². The van der Waals surface area contributed by atoms with Gasteiger partial charge in [-0.25, -0.2) is 4.98 Å². The van der Waals surface area contributed by atoms with Crippen molar-refractivity contribution in [2.75, 3.05) is 0 Å². The van der Waals surface area contributed by atoms with Crippen LogP contribution in [0.25, 0.3) is 0 Å². The van der Waals surface area contributed by atoms with Crippen LogP contribution in [0.15, 0.2) is 58.0 Å². The third kappa shape index (κ3) is 2.40. The lowest BCUT2D eigenvalue weighted by atomic mass is 10.1. The largest absolute Gasteiger partial charge is 0.468 e. The number of hydrogen-bond acceptors (Lipinski definition) is 4. The van der Waals surface area contributed by atoms with E-state index in [4.69, 9.17) is 8.83 Å². The van der Waals surface area contributed by atoms with Gasteiger partial charge in [0.1, 0.15) is 23.4 Å². The van der Waals surface area contributed by atoms with Gasteiger partial charge in [0.2, 0.25) is 0 Å². The highest BCUT2D eigenvalue weighted by Crippen LogP contribution is 2.25. The first-order valence-electron chi connectivity index (χ1n) is 6.56. The van der Waals surface area contributed by atoms with Gasteiger partial charge >= 0.3 is 0 Å². The molecule has 0 amide bonds. The van der Waals surface area contributed by atoms with Gasteiger partial charge in [-0.3, -0.25) is 5.32 Å². The summed E-state index contributed by atoms with van der Waals surface area (Å²) in [5, 5.41) is 3.49. The van der Waals surface area contributed by atoms with Crippen LogP contribution in [0.2, 0.25) is 0 Å². The molecule has 0 bridgehead atoms. The summed E-state index contributed by atoms with van der Waals surface area (Å²) >= 11 is 0. The molecule has 3 rings (SSSR count). The van der Waals surface area contributed by atoms with Crippen LogP contribution >= 0.6 is 0 Å². The van der Waals surface area contributed by atoms with Gasteiger partial charge < -0.3 is 13.4 Å². The van der Waals surface area contributed by atoms with E-state index in [2.05, 4.69) is 17.2 Å². The first-order chi connectivity index (χ1) is 9.75. The summed E-state index contributed by atoms with van der Waals surface area (Å²) in [4.78, 5) is 4.42. The molecule has 0 aliphatic heterocycles. The van der Waals surface area contributed by atoms with E-state index < -0.39 is 0 Å². The zero-order valence-corrected chi connectivity index (χ0v) is 11.5. The molecule has 1 unspecified atom stereocenters. The molecule has 5 heteroatoms. The molecule has 2 atom stereocenters. The molecule has 0 fully saturated rings. The summed E-state index contributed by atoms with van der Waals surface area (Å²) in [5.74, 6) is 2.62. The highest BCUT2D eigenvalue weighted by Gasteiger charge is 2.24. The van der Waals surface area contributed by atoms with Crippen molar-refractivity contribution in [3.63, 3.8) is 0 Å². The summed E-state index contributed by atoms with van der Waals surface area (Å²) in [5.41, 5.74) is 0. The van der Waals surface area contributed by atoms with E-state index in [9.17, 15) is 0 Å². The van der Waals surface area contributed by atoms with Crippen LogP contribution < -0.4 is 5.32 Å². The Hall–Kier alpha value is -2.27. The molecule has 0 aromatic carbocycles. The van der Waals surface area contributed by atoms with E-state index >= 15 is 0 Å². The van der Waals surface area contributed by atoms with E-state index in [0.717, 1.165) is 17.3 Å². The van der Waals surface area contributed by atoms with E-state index in [1.54, 1.807) is 18.7 Å². The molecular formula is C15H17N3O2. The Morgan fingerprint density at radius 1 is 1.15 bits per heavy atom. The van der Waals surface area contributed by atoms with Crippen LogP contribution in [0.5, 0.6) is 0 Å². The van der Waals surface area contributed by atoms with E-state index in [0.29, 0.717) is 0 Å². The quantitative estimate of drug-likeness (QED) is 0.775. The third-order valence-corrected chi connectivity index (χ3v) is 3.33. The van der Waals surface area contributed by atoms with Gasteiger partial charge in [0, 0.05) is 19.4 Å². The molecule has 104 valence electrons. The topological polar surface area (TPSA) is 56.1 Å². The van der Waals surface area contributed by atoms with Crippen LogP contribution in [-0.2, 0) is 7.05 Å². The molecule has 0 saturated heterocycles. The fourth-order valence-corrected chi connectivity index (χ4v) is 2.26. The number of imidazole rings is 1. The van der Waals surface area contributed by atoms with E-state index in [1.165, 1.54) is 0 Å². The number of hydrogen-bond donors (Lipinski definition) is 1. The lowest BCUT2D eigenvalue weighted by molar-refractivity contribution is 0.367. The van der Waals surface area contributed by atoms with Crippen molar-refractivity contribution in [3.8, 4) is 0 Å². The second kappa shape index (κ2) is 5.38. The van der Waals surface area contributed by atoms with E-state index in [1.807, 2.05) is 42.1 Å². The minimum absolute atomic E-state index is 0.0526. The number of rotatable bonds is 5. The third-order valence-electron chi connectivity index (χ3n) is 3.33. The highest BCUT2D eigenvalue weighted by atomic mass is 16.3. The number of furan rings is 2. The second-order valence-electron chi connectivity index (χ2n) is 4.75. The van der Waals surface area contributed by atoms with Crippen molar-refractivity contribution < 1.29 is 8.83 Å². The molecule has 0 radical (unpaired) electrons. The van der Waals surface area contributed by atoms with Gasteiger partial charge in [-0.1, -0.05) is 0 Å². The van der Waals surface area contributed by atoms with Crippen molar-refractivity contribution in [2.24, 2.45) is 7.05 Å². The number of nitrogens with zero attached hydrogens (tertiary/aromatic N) is 2. The molecule has 0 saturated carbocycles. The monoisotopic (exact) mass is 271 g/mol. The van der Waals surface area contributed by atoms with Crippen LogP contribution in [0.1, 0.15) is 36.4 Å². The van der Waals surface area contributed by atoms with Gasteiger partial charge in [0.25, 0.3) is 0 Å². The summed E-state index contributed by atoms with van der Waals surface area (Å²) < 4.78 is 13.0. The summed E-state index contributed by atoms with van der Waals surface area (Å²) in [6.45, 7) is 2.05.